The standard InChI is InChI=1S/C13H17BrO2/c1-15-9-10-6-7-16-13(8-10)11-2-4-12(14)5-3-11/h2-5,10,13H,6-9H2,1H3. The van der Waals surface area contributed by atoms with Crippen molar-refractivity contribution in [3.05, 3.63) is 34.3 Å². The normalized spacial score (nSPS) is 25.6. The van der Waals surface area contributed by atoms with Gasteiger partial charge in [0.1, 0.15) is 0 Å². The van der Waals surface area contributed by atoms with Crippen LogP contribution in [0.3, 0.4) is 0 Å². The van der Waals surface area contributed by atoms with Gasteiger partial charge in [-0.15, -0.1) is 0 Å². The van der Waals surface area contributed by atoms with Crippen LogP contribution in [0.5, 0.6) is 0 Å². The molecule has 16 heavy (non-hydrogen) atoms. The first-order valence-electron chi connectivity index (χ1n) is 5.65. The van der Waals surface area contributed by atoms with Gasteiger partial charge in [0.25, 0.3) is 0 Å². The molecule has 1 aliphatic rings. The molecule has 0 aliphatic carbocycles. The van der Waals surface area contributed by atoms with Gasteiger partial charge in [0.2, 0.25) is 0 Å². The molecule has 1 aromatic carbocycles. The van der Waals surface area contributed by atoms with E-state index in [0.29, 0.717) is 5.92 Å². The minimum atomic E-state index is 0.238. The summed E-state index contributed by atoms with van der Waals surface area (Å²) in [6.45, 7) is 1.69. The molecule has 3 heteroatoms. The number of ether oxygens (including phenoxy) is 2. The van der Waals surface area contributed by atoms with Crippen LogP contribution < -0.4 is 0 Å². The first kappa shape index (κ1) is 12.1. The summed E-state index contributed by atoms with van der Waals surface area (Å²) < 4.78 is 12.1. The van der Waals surface area contributed by atoms with Gasteiger partial charge in [-0.3, -0.25) is 0 Å². The van der Waals surface area contributed by atoms with Crippen molar-refractivity contribution >= 4 is 15.9 Å². The summed E-state index contributed by atoms with van der Waals surface area (Å²) in [5.74, 6) is 0.632. The van der Waals surface area contributed by atoms with E-state index in [-0.39, 0.29) is 6.10 Å². The zero-order chi connectivity index (χ0) is 11.4. The molecule has 1 aliphatic heterocycles. The van der Waals surface area contributed by atoms with Crippen LogP contribution in [-0.4, -0.2) is 20.3 Å². The third-order valence-electron chi connectivity index (χ3n) is 3.04. The highest BCUT2D eigenvalue weighted by molar-refractivity contribution is 9.10. The van der Waals surface area contributed by atoms with E-state index in [1.54, 1.807) is 7.11 Å². The molecule has 1 heterocycles. The summed E-state index contributed by atoms with van der Waals surface area (Å²) >= 11 is 3.45. The van der Waals surface area contributed by atoms with Gasteiger partial charge >= 0.3 is 0 Å². The van der Waals surface area contributed by atoms with Gasteiger partial charge < -0.3 is 9.47 Å². The molecule has 2 atom stereocenters. The van der Waals surface area contributed by atoms with Crippen molar-refractivity contribution in [2.75, 3.05) is 20.3 Å². The lowest BCUT2D eigenvalue weighted by atomic mass is 9.92. The van der Waals surface area contributed by atoms with Gasteiger partial charge in [0, 0.05) is 24.8 Å². The Morgan fingerprint density at radius 2 is 2.12 bits per heavy atom. The average molecular weight is 285 g/mol. The van der Waals surface area contributed by atoms with E-state index in [1.807, 2.05) is 0 Å². The van der Waals surface area contributed by atoms with E-state index in [1.165, 1.54) is 5.56 Å². The van der Waals surface area contributed by atoms with Crippen molar-refractivity contribution in [1.29, 1.82) is 0 Å². The third kappa shape index (κ3) is 3.06. The fourth-order valence-electron chi connectivity index (χ4n) is 2.16. The zero-order valence-corrected chi connectivity index (χ0v) is 11.1. The Balaban J connectivity index is 2.01. The van der Waals surface area contributed by atoms with E-state index in [4.69, 9.17) is 9.47 Å². The van der Waals surface area contributed by atoms with Crippen molar-refractivity contribution in [2.45, 2.75) is 18.9 Å². The Kier molecular flexibility index (Phi) is 4.38. The van der Waals surface area contributed by atoms with Crippen LogP contribution in [0.4, 0.5) is 0 Å². The number of hydrogen-bond donors (Lipinski definition) is 0. The van der Waals surface area contributed by atoms with E-state index >= 15 is 0 Å². The second-order valence-electron chi connectivity index (χ2n) is 4.26. The van der Waals surface area contributed by atoms with Crippen LogP contribution in [0.1, 0.15) is 24.5 Å². The summed E-state index contributed by atoms with van der Waals surface area (Å²) in [5.41, 5.74) is 1.27. The summed E-state index contributed by atoms with van der Waals surface area (Å²) in [7, 11) is 1.77. The molecular formula is C13H17BrO2. The van der Waals surface area contributed by atoms with Crippen molar-refractivity contribution in [1.82, 2.24) is 0 Å². The van der Waals surface area contributed by atoms with Gasteiger partial charge in [-0.25, -0.2) is 0 Å². The molecule has 2 rings (SSSR count). The zero-order valence-electron chi connectivity index (χ0n) is 9.49. The molecule has 1 aromatic rings. The summed E-state index contributed by atoms with van der Waals surface area (Å²) in [6, 6.07) is 8.39. The number of benzene rings is 1. The lowest BCUT2D eigenvalue weighted by molar-refractivity contribution is -0.0278. The van der Waals surface area contributed by atoms with E-state index in [9.17, 15) is 0 Å². The van der Waals surface area contributed by atoms with Crippen molar-refractivity contribution in [3.8, 4) is 0 Å². The number of rotatable bonds is 3. The lowest BCUT2D eigenvalue weighted by Crippen LogP contribution is -2.22. The maximum absolute atomic E-state index is 5.81. The molecule has 0 N–H and O–H groups in total. The molecule has 2 unspecified atom stereocenters. The average Bonchev–Trinajstić information content (AvgIpc) is 2.31. The van der Waals surface area contributed by atoms with E-state index < -0.39 is 0 Å². The Hall–Kier alpha value is -0.380. The first-order chi connectivity index (χ1) is 7.79. The molecule has 0 saturated carbocycles. The Labute approximate surface area is 105 Å². The maximum atomic E-state index is 5.81. The Morgan fingerprint density at radius 1 is 1.38 bits per heavy atom. The molecule has 0 amide bonds. The lowest BCUT2D eigenvalue weighted by Gasteiger charge is -2.29. The molecule has 0 radical (unpaired) electrons. The molecular weight excluding hydrogens is 268 g/mol. The van der Waals surface area contributed by atoms with Crippen LogP contribution in [0.15, 0.2) is 28.7 Å². The molecule has 0 spiro atoms. The van der Waals surface area contributed by atoms with Crippen molar-refractivity contribution in [2.24, 2.45) is 5.92 Å². The van der Waals surface area contributed by atoms with Gasteiger partial charge in [-0.1, -0.05) is 28.1 Å². The molecule has 1 saturated heterocycles. The molecule has 0 aromatic heterocycles. The Morgan fingerprint density at radius 3 is 2.81 bits per heavy atom. The van der Waals surface area contributed by atoms with Crippen LogP contribution in [0.2, 0.25) is 0 Å². The van der Waals surface area contributed by atoms with Gasteiger partial charge in [-0.05, 0) is 36.5 Å². The first-order valence-corrected chi connectivity index (χ1v) is 6.45. The minimum absolute atomic E-state index is 0.238. The molecule has 0 bridgehead atoms. The molecule has 1 fully saturated rings. The fourth-order valence-corrected chi connectivity index (χ4v) is 2.43. The predicted octanol–water partition coefficient (Wildman–Crippen LogP) is 3.56. The molecule has 88 valence electrons. The highest BCUT2D eigenvalue weighted by Crippen LogP contribution is 2.32. The second kappa shape index (κ2) is 5.80. The highest BCUT2D eigenvalue weighted by Gasteiger charge is 2.23. The number of halogens is 1. The van der Waals surface area contributed by atoms with Gasteiger partial charge in [0.15, 0.2) is 0 Å². The third-order valence-corrected chi connectivity index (χ3v) is 3.57. The minimum Gasteiger partial charge on any atom is -0.384 e. The fraction of sp³-hybridized carbons (Fsp3) is 0.538. The number of hydrogen-bond acceptors (Lipinski definition) is 2. The SMILES string of the molecule is COCC1CCOC(c2ccc(Br)cc2)C1. The van der Waals surface area contributed by atoms with Gasteiger partial charge in [0.05, 0.1) is 6.10 Å². The van der Waals surface area contributed by atoms with Gasteiger partial charge in [-0.2, -0.15) is 0 Å². The van der Waals surface area contributed by atoms with Crippen LogP contribution in [-0.2, 0) is 9.47 Å². The predicted molar refractivity (Wildman–Crippen MR) is 67.4 cm³/mol. The largest absolute Gasteiger partial charge is 0.384 e. The summed E-state index contributed by atoms with van der Waals surface area (Å²) in [4.78, 5) is 0. The van der Waals surface area contributed by atoms with Crippen LogP contribution in [0.25, 0.3) is 0 Å². The smallest absolute Gasteiger partial charge is 0.0828 e. The number of methoxy groups -OCH3 is 1. The topological polar surface area (TPSA) is 18.5 Å². The monoisotopic (exact) mass is 284 g/mol. The van der Waals surface area contributed by atoms with Crippen LogP contribution >= 0.6 is 15.9 Å². The van der Waals surface area contributed by atoms with Crippen molar-refractivity contribution in [3.63, 3.8) is 0 Å². The second-order valence-corrected chi connectivity index (χ2v) is 5.17. The maximum Gasteiger partial charge on any atom is 0.0828 e. The summed E-state index contributed by atoms with van der Waals surface area (Å²) in [5, 5.41) is 0. The quantitative estimate of drug-likeness (QED) is 0.845. The van der Waals surface area contributed by atoms with E-state index in [0.717, 1.165) is 30.5 Å². The Bertz CT molecular complexity index is 321. The van der Waals surface area contributed by atoms with E-state index in [2.05, 4.69) is 40.2 Å². The molecule has 2 nitrogen and oxygen atoms in total. The highest BCUT2D eigenvalue weighted by atomic mass is 79.9. The van der Waals surface area contributed by atoms with Crippen molar-refractivity contribution < 1.29 is 9.47 Å². The summed E-state index contributed by atoms with van der Waals surface area (Å²) in [6.07, 6.45) is 2.41. The van der Waals surface area contributed by atoms with Crippen LogP contribution in [0, 0.1) is 5.92 Å².